The number of amides is 3. The van der Waals surface area contributed by atoms with E-state index in [1.54, 1.807) is 4.90 Å². The lowest BCUT2D eigenvalue weighted by molar-refractivity contribution is -0.322. The molecule has 46 heavy (non-hydrogen) atoms. The van der Waals surface area contributed by atoms with Crippen LogP contribution in [0.4, 0.5) is 0 Å². The van der Waals surface area contributed by atoms with Gasteiger partial charge >= 0.3 is 0 Å². The van der Waals surface area contributed by atoms with Gasteiger partial charge in [0, 0.05) is 54.5 Å². The first-order valence-corrected chi connectivity index (χ1v) is 16.9. The zero-order valence-electron chi connectivity index (χ0n) is 26.7. The summed E-state index contributed by atoms with van der Waals surface area (Å²) >= 11 is 0. The van der Waals surface area contributed by atoms with Gasteiger partial charge in [0.25, 0.3) is 11.8 Å². The molecule has 8 atom stereocenters. The third kappa shape index (κ3) is 4.15. The van der Waals surface area contributed by atoms with Crippen molar-refractivity contribution in [1.82, 2.24) is 25.0 Å². The highest BCUT2D eigenvalue weighted by atomic mass is 16.7. The Morgan fingerprint density at radius 1 is 1.17 bits per heavy atom. The number of fused-ring (bicyclic) bond motifs is 5. The number of rotatable bonds is 6. The normalized spacial score (nSPS) is 34.4. The molecule has 0 bridgehead atoms. The van der Waals surface area contributed by atoms with E-state index in [4.69, 9.17) is 4.74 Å². The van der Waals surface area contributed by atoms with Gasteiger partial charge in [0.1, 0.15) is 12.1 Å². The van der Waals surface area contributed by atoms with Gasteiger partial charge in [-0.2, -0.15) is 0 Å². The van der Waals surface area contributed by atoms with Crippen molar-refractivity contribution >= 4 is 28.6 Å². The summed E-state index contributed by atoms with van der Waals surface area (Å²) in [5, 5.41) is 16.8. The van der Waals surface area contributed by atoms with Gasteiger partial charge in [-0.05, 0) is 61.9 Å². The smallest absolute Gasteiger partial charge is 0.281 e. The summed E-state index contributed by atoms with van der Waals surface area (Å²) in [6, 6.07) is 14.5. The number of hydrogen-bond acceptors (Lipinski definition) is 6. The van der Waals surface area contributed by atoms with Gasteiger partial charge in [0.05, 0.1) is 5.92 Å². The monoisotopic (exact) mass is 625 g/mol. The number of nitrogens with one attached hydrogen (secondary N) is 2. The van der Waals surface area contributed by atoms with E-state index in [0.717, 1.165) is 17.5 Å². The topological polar surface area (TPSA) is 118 Å². The number of hydrogen-bond donors (Lipinski definition) is 3. The number of nitrogens with zero attached hydrogens (tertiary/aromatic N) is 3. The average Bonchev–Trinajstić information content (AvgIpc) is 3.78. The van der Waals surface area contributed by atoms with E-state index in [1.165, 1.54) is 21.4 Å². The van der Waals surface area contributed by atoms with Gasteiger partial charge in [-0.15, -0.1) is 0 Å². The molecule has 10 heteroatoms. The molecule has 0 unspecified atom stereocenters. The molecule has 4 saturated heterocycles. The number of likely N-dealkylation sites (tertiary alicyclic amines) is 1. The lowest BCUT2D eigenvalue weighted by Crippen LogP contribution is -2.71. The van der Waals surface area contributed by atoms with Crippen molar-refractivity contribution < 1.29 is 24.2 Å². The minimum atomic E-state index is -2.05. The Balaban J connectivity index is 1.13. The molecule has 242 valence electrons. The van der Waals surface area contributed by atoms with Crippen LogP contribution < -0.4 is 5.32 Å². The number of ether oxygens (including phenoxy) is 1. The highest BCUT2D eigenvalue weighted by molar-refractivity contribution is 5.98. The van der Waals surface area contributed by atoms with E-state index in [-0.39, 0.29) is 30.2 Å². The van der Waals surface area contributed by atoms with Crippen molar-refractivity contribution in [3.05, 3.63) is 71.4 Å². The Bertz CT molecular complexity index is 1710. The molecule has 5 aliphatic rings. The summed E-state index contributed by atoms with van der Waals surface area (Å²) in [6.45, 7) is 4.87. The number of aromatic nitrogens is 1. The molecule has 10 nitrogen and oxygen atoms in total. The van der Waals surface area contributed by atoms with Gasteiger partial charge in [-0.25, -0.2) is 0 Å². The molecule has 3 N–H and O–H groups in total. The summed E-state index contributed by atoms with van der Waals surface area (Å²) in [5.41, 5.74) is 2.77. The average molecular weight is 626 g/mol. The Morgan fingerprint density at radius 2 is 1.98 bits per heavy atom. The number of H-pyrrole nitrogens is 1. The Hall–Kier alpha value is -3.73. The Kier molecular flexibility index (Phi) is 6.87. The van der Waals surface area contributed by atoms with Crippen LogP contribution in [0.2, 0.25) is 0 Å². The van der Waals surface area contributed by atoms with Crippen LogP contribution in [0.25, 0.3) is 10.9 Å². The fraction of sp³-hybridized carbons (Fsp3) is 0.528. The van der Waals surface area contributed by atoms with Gasteiger partial charge in [-0.1, -0.05) is 56.3 Å². The first kappa shape index (κ1) is 29.7. The molecule has 0 spiro atoms. The van der Waals surface area contributed by atoms with Crippen molar-refractivity contribution in [1.29, 1.82) is 0 Å². The molecule has 4 aliphatic heterocycles. The van der Waals surface area contributed by atoms with Gasteiger partial charge in [-0.3, -0.25) is 24.0 Å². The lowest BCUT2D eigenvalue weighted by atomic mass is 9.72. The third-order valence-electron chi connectivity index (χ3n) is 11.7. The largest absolute Gasteiger partial charge is 0.361 e. The number of aliphatic hydroxyl groups is 1. The second-order valence-electron chi connectivity index (χ2n) is 14.2. The zero-order chi connectivity index (χ0) is 32.0. The van der Waals surface area contributed by atoms with Crippen molar-refractivity contribution in [2.24, 2.45) is 11.8 Å². The SMILES string of the molecule is CC[C@H](C)[C@@]1(NC(=O)[C@@H]2C[C@@H]3c4cccc5[nH]cc(c45)C[C@H]3N(C)C2)O[C@@]2(O)[C@@H]3CCCN3C(=O)[C@H](Cc3ccccc3)N2C1=O. The van der Waals surface area contributed by atoms with Crippen LogP contribution in [0, 0.1) is 11.8 Å². The van der Waals surface area contributed by atoms with Crippen LogP contribution in [0.1, 0.15) is 62.1 Å². The molecule has 2 aromatic carbocycles. The molecular formula is C36H43N5O5. The van der Waals surface area contributed by atoms with Crippen molar-refractivity contribution in [3.8, 4) is 0 Å². The second kappa shape index (κ2) is 10.7. The molecular weight excluding hydrogens is 582 g/mol. The van der Waals surface area contributed by atoms with E-state index in [9.17, 15) is 19.5 Å². The molecule has 3 amide bonds. The fourth-order valence-electron chi connectivity index (χ4n) is 9.20. The zero-order valence-corrected chi connectivity index (χ0v) is 26.7. The van der Waals surface area contributed by atoms with Crippen molar-refractivity contribution in [2.75, 3.05) is 20.1 Å². The minimum absolute atomic E-state index is 0.164. The quantitative estimate of drug-likeness (QED) is 0.388. The number of benzene rings is 2. The van der Waals surface area contributed by atoms with Crippen molar-refractivity contribution in [2.45, 2.75) is 88.1 Å². The lowest BCUT2D eigenvalue weighted by Gasteiger charge is -2.48. The molecule has 5 heterocycles. The standard InChI is InChI=1S/C36H43N5O5/c1-4-21(2)35(38-32(42)24-17-26-25-12-8-13-27-31(25)23(19-37-27)18-28(26)39(3)20-24)34(44)41-29(16-22-10-6-5-7-11-22)33(43)40-15-9-14-30(40)36(41,45)46-35/h5-8,10-13,19,21,24,26,28-30,37,45H,4,9,14-18,20H2,1-3H3,(H,38,42)/t21-,24+,26+,28+,29-,30-,35+,36-/m0/s1. The maximum atomic E-state index is 14.8. The second-order valence-corrected chi connectivity index (χ2v) is 14.2. The van der Waals surface area contributed by atoms with Crippen LogP contribution in [-0.2, 0) is 32.0 Å². The fourth-order valence-corrected chi connectivity index (χ4v) is 9.20. The van der Waals surface area contributed by atoms with Crippen LogP contribution in [-0.4, -0.2) is 92.4 Å². The van der Waals surface area contributed by atoms with E-state index >= 15 is 0 Å². The first-order chi connectivity index (χ1) is 22.2. The van der Waals surface area contributed by atoms with E-state index < -0.39 is 41.5 Å². The molecule has 8 rings (SSSR count). The molecule has 0 saturated carbocycles. The summed E-state index contributed by atoms with van der Waals surface area (Å²) in [7, 11) is 2.08. The molecule has 1 aliphatic carbocycles. The summed E-state index contributed by atoms with van der Waals surface area (Å²) < 4.78 is 6.60. The number of piperidine rings is 1. The summed E-state index contributed by atoms with van der Waals surface area (Å²) in [5.74, 6) is -3.72. The van der Waals surface area contributed by atoms with E-state index in [0.29, 0.717) is 38.8 Å². The highest BCUT2D eigenvalue weighted by Gasteiger charge is 2.72. The van der Waals surface area contributed by atoms with Gasteiger partial charge in [0.2, 0.25) is 17.5 Å². The number of carbonyl (C=O) groups is 3. The first-order valence-electron chi connectivity index (χ1n) is 16.9. The van der Waals surface area contributed by atoms with Crippen LogP contribution in [0.15, 0.2) is 54.7 Å². The highest BCUT2D eigenvalue weighted by Crippen LogP contribution is 2.49. The van der Waals surface area contributed by atoms with Crippen LogP contribution in [0.3, 0.4) is 0 Å². The summed E-state index contributed by atoms with van der Waals surface area (Å²) in [6.07, 6.45) is 5.66. The van der Waals surface area contributed by atoms with Crippen molar-refractivity contribution in [3.63, 3.8) is 0 Å². The number of piperazine rings is 1. The molecule has 4 fully saturated rings. The van der Waals surface area contributed by atoms with Gasteiger partial charge < -0.3 is 25.2 Å². The van der Waals surface area contributed by atoms with Gasteiger partial charge in [0.15, 0.2) is 0 Å². The maximum Gasteiger partial charge on any atom is 0.281 e. The predicted molar refractivity (Wildman–Crippen MR) is 171 cm³/mol. The molecule has 1 aromatic heterocycles. The van der Waals surface area contributed by atoms with E-state index in [2.05, 4.69) is 46.6 Å². The Labute approximate surface area is 269 Å². The number of likely N-dealkylation sites (N-methyl/N-ethyl adjacent to an activating group) is 1. The minimum Gasteiger partial charge on any atom is -0.361 e. The van der Waals surface area contributed by atoms with E-state index in [1.807, 2.05) is 44.2 Å². The number of carbonyl (C=O) groups excluding carboxylic acids is 3. The third-order valence-corrected chi connectivity index (χ3v) is 11.7. The van der Waals surface area contributed by atoms with Crippen LogP contribution >= 0.6 is 0 Å². The summed E-state index contributed by atoms with van der Waals surface area (Å²) in [4.78, 5) is 51.8. The maximum absolute atomic E-state index is 14.8. The molecule has 3 aromatic rings. The number of aromatic amines is 1. The molecule has 0 radical (unpaired) electrons. The predicted octanol–water partition coefficient (Wildman–Crippen LogP) is 3.11. The Morgan fingerprint density at radius 3 is 2.76 bits per heavy atom. The van der Waals surface area contributed by atoms with Crippen LogP contribution in [0.5, 0.6) is 0 Å².